The minimum absolute atomic E-state index is 0.489. The van der Waals surface area contributed by atoms with Crippen molar-refractivity contribution in [3.63, 3.8) is 0 Å². The first-order valence-corrected chi connectivity index (χ1v) is 27.7. The van der Waals surface area contributed by atoms with Crippen molar-refractivity contribution in [3.8, 4) is 34.3 Å². The molecule has 0 N–H and O–H groups in total. The van der Waals surface area contributed by atoms with Crippen LogP contribution in [0, 0.1) is 0 Å². The van der Waals surface area contributed by atoms with Crippen LogP contribution in [0.5, 0.6) is 0 Å². The SMILES string of the molecule is c1ccc(-c2nc(-c3ccccc3)nc(-c3cc([Si](c4ccccc4)(c4ccccc4)c4ccccc4)c4ccc5c([Si](c6ccccc6)(c6ccccc6)c6ccccc6)ccnc5c4n3)n2)cc1. The molecule has 0 atom stereocenters. The van der Waals surface area contributed by atoms with E-state index in [4.69, 9.17) is 24.9 Å². The molecule has 12 rings (SSSR count). The number of nitrogens with zero attached hydrogens (tertiary/aromatic N) is 5. The van der Waals surface area contributed by atoms with Gasteiger partial charge in [-0.3, -0.25) is 4.98 Å². The summed E-state index contributed by atoms with van der Waals surface area (Å²) in [6.45, 7) is 0. The topological polar surface area (TPSA) is 64.5 Å². The van der Waals surface area contributed by atoms with Gasteiger partial charge in [-0.25, -0.2) is 19.9 Å². The van der Waals surface area contributed by atoms with E-state index in [1.165, 1.54) is 41.5 Å². The number of fused-ring (bicyclic) bond motifs is 3. The van der Waals surface area contributed by atoms with E-state index in [1.807, 2.05) is 66.9 Å². The minimum atomic E-state index is -3.21. The maximum atomic E-state index is 5.76. The number of rotatable bonds is 11. The van der Waals surface area contributed by atoms with E-state index >= 15 is 0 Å². The standard InChI is InChI=1S/C63H45N5Si2/c1-9-25-46(26-10-1)61-66-62(47-27-11-2-12-28-47)68-63(67-61)56-45-58(70(51-35-19-6-20-36-51,52-37-21-7-22-38-52)53-39-23-8-24-40-53)55-42-41-54-57(43-44-64-59(54)60(55)65-56)69(48-29-13-3-14-30-48,49-31-15-4-16-32-49)50-33-17-5-18-34-50/h1-45H. The molecule has 0 spiro atoms. The Kier molecular flexibility index (Phi) is 11.2. The van der Waals surface area contributed by atoms with Crippen LogP contribution in [0.4, 0.5) is 0 Å². The van der Waals surface area contributed by atoms with Crippen molar-refractivity contribution in [1.29, 1.82) is 0 Å². The van der Waals surface area contributed by atoms with E-state index in [1.54, 1.807) is 0 Å². The molecule has 0 fully saturated rings. The summed E-state index contributed by atoms with van der Waals surface area (Å²) < 4.78 is 0. The maximum Gasteiger partial charge on any atom is 0.182 e. The molecule has 0 amide bonds. The van der Waals surface area contributed by atoms with Crippen LogP contribution in [0.1, 0.15) is 0 Å². The Bertz CT molecular complexity index is 3490. The highest BCUT2D eigenvalue weighted by atomic mass is 28.3. The van der Waals surface area contributed by atoms with Crippen LogP contribution in [0.25, 0.3) is 56.1 Å². The Balaban J connectivity index is 1.25. The number of pyridine rings is 2. The van der Waals surface area contributed by atoms with Gasteiger partial charge in [-0.15, -0.1) is 0 Å². The summed E-state index contributed by atoms with van der Waals surface area (Å²) in [7, 11) is -6.23. The summed E-state index contributed by atoms with van der Waals surface area (Å²) in [6.07, 6.45) is 2.00. The van der Waals surface area contributed by atoms with Gasteiger partial charge >= 0.3 is 0 Å². The summed E-state index contributed by atoms with van der Waals surface area (Å²) in [5.41, 5.74) is 4.07. The van der Waals surface area contributed by atoms with Crippen molar-refractivity contribution in [1.82, 2.24) is 24.9 Å². The van der Waals surface area contributed by atoms with Gasteiger partial charge in [0.1, 0.15) is 5.69 Å². The first-order chi connectivity index (χ1) is 34.7. The second-order valence-corrected chi connectivity index (χ2v) is 25.0. The van der Waals surface area contributed by atoms with E-state index < -0.39 is 16.1 Å². The van der Waals surface area contributed by atoms with Gasteiger partial charge in [-0.05, 0) is 53.6 Å². The largest absolute Gasteiger partial charge is 0.254 e. The Labute approximate surface area is 409 Å². The van der Waals surface area contributed by atoms with Gasteiger partial charge in [0.05, 0.1) is 11.0 Å². The molecule has 3 heterocycles. The summed E-state index contributed by atoms with van der Waals surface area (Å²) in [5.74, 6) is 1.64. The molecule has 70 heavy (non-hydrogen) atoms. The fraction of sp³-hybridized carbons (Fsp3) is 0. The maximum absolute atomic E-state index is 5.76. The molecule has 0 radical (unpaired) electrons. The molecule has 330 valence electrons. The lowest BCUT2D eigenvalue weighted by Gasteiger charge is -2.36. The summed E-state index contributed by atoms with van der Waals surface area (Å²) in [6, 6.07) is 95.9. The normalized spacial score (nSPS) is 11.7. The van der Waals surface area contributed by atoms with Crippen LogP contribution >= 0.6 is 0 Å². The third-order valence-corrected chi connectivity index (χ3v) is 23.3. The fourth-order valence-corrected chi connectivity index (χ4v) is 20.5. The molecule has 0 aliphatic heterocycles. The molecule has 7 heteroatoms. The lowest BCUT2D eigenvalue weighted by Crippen LogP contribution is -2.75. The third kappa shape index (κ3) is 7.27. The monoisotopic (exact) mass is 927 g/mol. The average Bonchev–Trinajstić information content (AvgIpc) is 3.45. The number of hydrogen-bond acceptors (Lipinski definition) is 5. The van der Waals surface area contributed by atoms with E-state index in [2.05, 4.69) is 206 Å². The highest BCUT2D eigenvalue weighted by molar-refractivity contribution is 7.21. The predicted molar refractivity (Wildman–Crippen MR) is 294 cm³/mol. The van der Waals surface area contributed by atoms with Crippen LogP contribution in [-0.2, 0) is 0 Å². The highest BCUT2D eigenvalue weighted by Crippen LogP contribution is 2.30. The first-order valence-electron chi connectivity index (χ1n) is 23.7. The van der Waals surface area contributed by atoms with Gasteiger partial charge in [-0.2, -0.15) is 0 Å². The molecule has 0 saturated heterocycles. The lowest BCUT2D eigenvalue weighted by atomic mass is 10.1. The molecule has 0 aliphatic carbocycles. The minimum Gasteiger partial charge on any atom is -0.254 e. The molecule has 5 nitrogen and oxygen atoms in total. The smallest absolute Gasteiger partial charge is 0.182 e. The van der Waals surface area contributed by atoms with Crippen molar-refractivity contribution in [2.75, 3.05) is 0 Å². The van der Waals surface area contributed by atoms with Crippen LogP contribution < -0.4 is 41.5 Å². The van der Waals surface area contributed by atoms with Gasteiger partial charge in [0.2, 0.25) is 0 Å². The molecule has 3 aromatic heterocycles. The Morgan fingerprint density at radius 3 is 0.943 bits per heavy atom. The molecule has 12 aromatic rings. The van der Waals surface area contributed by atoms with Crippen molar-refractivity contribution in [2.45, 2.75) is 0 Å². The van der Waals surface area contributed by atoms with Gasteiger partial charge in [-0.1, -0.05) is 255 Å². The fourth-order valence-electron chi connectivity index (χ4n) is 10.6. The van der Waals surface area contributed by atoms with E-state index in [0.29, 0.717) is 23.2 Å². The van der Waals surface area contributed by atoms with Crippen LogP contribution in [0.15, 0.2) is 273 Å². The quantitative estimate of drug-likeness (QED) is 0.0739. The van der Waals surface area contributed by atoms with E-state index in [-0.39, 0.29) is 0 Å². The van der Waals surface area contributed by atoms with Crippen molar-refractivity contribution in [2.24, 2.45) is 0 Å². The molecule has 0 bridgehead atoms. The number of aromatic nitrogens is 5. The lowest BCUT2D eigenvalue weighted by molar-refractivity contribution is 1.06. The molecular weight excluding hydrogens is 883 g/mol. The second kappa shape index (κ2) is 18.4. The van der Waals surface area contributed by atoms with Crippen LogP contribution in [0.2, 0.25) is 0 Å². The summed E-state index contributed by atoms with van der Waals surface area (Å²) >= 11 is 0. The van der Waals surface area contributed by atoms with Crippen molar-refractivity contribution in [3.05, 3.63) is 273 Å². The van der Waals surface area contributed by atoms with Crippen LogP contribution in [-0.4, -0.2) is 41.1 Å². The van der Waals surface area contributed by atoms with Gasteiger partial charge in [0.15, 0.2) is 33.6 Å². The zero-order valence-corrected chi connectivity index (χ0v) is 40.2. The number of hydrogen-bond donors (Lipinski definition) is 0. The second-order valence-electron chi connectivity index (χ2n) is 17.5. The van der Waals surface area contributed by atoms with Crippen LogP contribution in [0.3, 0.4) is 0 Å². The van der Waals surface area contributed by atoms with Crippen molar-refractivity contribution < 1.29 is 0 Å². The predicted octanol–water partition coefficient (Wildman–Crippen LogP) is 8.72. The zero-order chi connectivity index (χ0) is 46.7. The Hall–Kier alpha value is -8.76. The van der Waals surface area contributed by atoms with Gasteiger partial charge < -0.3 is 0 Å². The highest BCUT2D eigenvalue weighted by Gasteiger charge is 2.45. The van der Waals surface area contributed by atoms with Crippen molar-refractivity contribution >= 4 is 79.4 Å². The van der Waals surface area contributed by atoms with E-state index in [9.17, 15) is 0 Å². The molecule has 9 aromatic carbocycles. The average molecular weight is 928 g/mol. The molecule has 0 saturated carbocycles. The Morgan fingerprint density at radius 2 is 0.571 bits per heavy atom. The first kappa shape index (κ1) is 42.6. The number of benzene rings is 9. The molecule has 0 unspecified atom stereocenters. The Morgan fingerprint density at radius 1 is 0.257 bits per heavy atom. The molecular formula is C63H45N5Si2. The van der Waals surface area contributed by atoms with Gasteiger partial charge in [0, 0.05) is 28.1 Å². The van der Waals surface area contributed by atoms with Gasteiger partial charge in [0.25, 0.3) is 0 Å². The summed E-state index contributed by atoms with van der Waals surface area (Å²) in [4.78, 5) is 26.9. The molecule has 0 aliphatic rings. The zero-order valence-electron chi connectivity index (χ0n) is 38.2. The summed E-state index contributed by atoms with van der Waals surface area (Å²) in [5, 5.41) is 12.1. The van der Waals surface area contributed by atoms with E-state index in [0.717, 1.165) is 32.9 Å². The third-order valence-electron chi connectivity index (χ3n) is 13.7.